The number of amides is 1. The summed E-state index contributed by atoms with van der Waals surface area (Å²) in [5, 5.41) is 22.7. The molecule has 3 rings (SSSR count). The minimum Gasteiger partial charge on any atom is -0.507 e. The van der Waals surface area contributed by atoms with Crippen molar-refractivity contribution in [2.45, 2.75) is 26.8 Å². The first-order valence-corrected chi connectivity index (χ1v) is 9.84. The number of aromatic hydroxyl groups is 1. The average Bonchev–Trinajstić information content (AvgIpc) is 2.70. The zero-order valence-corrected chi connectivity index (χ0v) is 17.5. The lowest BCUT2D eigenvalue weighted by Crippen LogP contribution is -2.42. The molecular weight excluding hydrogens is 398 g/mol. The maximum atomic E-state index is 12.6. The fraction of sp³-hybridized carbons (Fsp3) is 0.261. The van der Waals surface area contributed by atoms with Gasteiger partial charge >= 0.3 is 5.97 Å². The fourth-order valence-electron chi connectivity index (χ4n) is 3.32. The number of rotatable bonds is 7. The van der Waals surface area contributed by atoms with E-state index in [1.165, 1.54) is 12.1 Å². The number of nitrogens with one attached hydrogen (secondary N) is 1. The first-order chi connectivity index (χ1) is 14.7. The van der Waals surface area contributed by atoms with E-state index in [0.29, 0.717) is 22.3 Å². The second-order valence-electron chi connectivity index (χ2n) is 7.59. The number of hydrogen-bond donors (Lipinski definition) is 4. The van der Waals surface area contributed by atoms with Crippen molar-refractivity contribution in [3.05, 3.63) is 59.3 Å². The molecule has 5 N–H and O–H groups in total. The van der Waals surface area contributed by atoms with Gasteiger partial charge < -0.3 is 26.0 Å². The molecule has 1 atom stereocenters. The van der Waals surface area contributed by atoms with Gasteiger partial charge in [-0.15, -0.1) is 0 Å². The van der Waals surface area contributed by atoms with Crippen LogP contribution in [-0.4, -0.2) is 39.7 Å². The van der Waals surface area contributed by atoms with Gasteiger partial charge in [-0.3, -0.25) is 9.78 Å². The van der Waals surface area contributed by atoms with Gasteiger partial charge in [0.2, 0.25) is 0 Å². The maximum absolute atomic E-state index is 12.6. The molecule has 31 heavy (non-hydrogen) atoms. The lowest BCUT2D eigenvalue weighted by molar-refractivity contribution is 0.0696. The summed E-state index contributed by atoms with van der Waals surface area (Å²) in [5.41, 5.74) is 7.22. The van der Waals surface area contributed by atoms with Crippen LogP contribution in [0, 0.1) is 12.8 Å². The van der Waals surface area contributed by atoms with Crippen molar-refractivity contribution < 1.29 is 24.5 Å². The molecule has 0 saturated carbocycles. The summed E-state index contributed by atoms with van der Waals surface area (Å²) in [6.45, 7) is 5.58. The highest BCUT2D eigenvalue weighted by molar-refractivity contribution is 6.06. The SMILES string of the molecule is Cc1nc2cccc(OC[C@@H](NC(=O)c3ccccc3O)C(C)C)c2c(N)c1C(=O)O. The Labute approximate surface area is 179 Å². The van der Waals surface area contributed by atoms with E-state index in [0.717, 1.165) is 0 Å². The third-order valence-corrected chi connectivity index (χ3v) is 5.10. The second kappa shape index (κ2) is 8.91. The monoisotopic (exact) mass is 423 g/mol. The van der Waals surface area contributed by atoms with E-state index in [9.17, 15) is 19.8 Å². The number of carboxylic acid groups (broad SMARTS) is 1. The summed E-state index contributed by atoms with van der Waals surface area (Å²) in [4.78, 5) is 28.5. The number of aryl methyl sites for hydroxylation is 1. The highest BCUT2D eigenvalue weighted by Crippen LogP contribution is 2.33. The topological polar surface area (TPSA) is 135 Å². The normalized spacial score (nSPS) is 12.0. The average molecular weight is 423 g/mol. The molecule has 0 bridgehead atoms. The summed E-state index contributed by atoms with van der Waals surface area (Å²) < 4.78 is 5.98. The highest BCUT2D eigenvalue weighted by atomic mass is 16.5. The molecule has 3 aromatic rings. The molecule has 8 heteroatoms. The van der Waals surface area contributed by atoms with Crippen molar-refractivity contribution in [1.82, 2.24) is 10.3 Å². The molecule has 8 nitrogen and oxygen atoms in total. The summed E-state index contributed by atoms with van der Waals surface area (Å²) in [6.07, 6.45) is 0. The van der Waals surface area contributed by atoms with Crippen LogP contribution in [-0.2, 0) is 0 Å². The third-order valence-electron chi connectivity index (χ3n) is 5.10. The number of aromatic nitrogens is 1. The van der Waals surface area contributed by atoms with Crippen LogP contribution >= 0.6 is 0 Å². The van der Waals surface area contributed by atoms with Gasteiger partial charge in [-0.2, -0.15) is 0 Å². The number of benzene rings is 2. The number of nitrogen functional groups attached to an aromatic ring is 1. The number of nitrogens with two attached hydrogens (primary N) is 1. The Balaban J connectivity index is 1.87. The smallest absolute Gasteiger partial charge is 0.339 e. The zero-order valence-electron chi connectivity index (χ0n) is 17.5. The predicted octanol–water partition coefficient (Wildman–Crippen LogP) is 3.36. The number of pyridine rings is 1. The largest absolute Gasteiger partial charge is 0.507 e. The molecule has 0 aliphatic carbocycles. The van der Waals surface area contributed by atoms with Crippen LogP contribution < -0.4 is 15.8 Å². The maximum Gasteiger partial charge on any atom is 0.339 e. The minimum atomic E-state index is -1.16. The molecule has 0 aliphatic rings. The number of phenolic OH excluding ortho intramolecular Hbond substituents is 1. The Hall–Kier alpha value is -3.81. The van der Waals surface area contributed by atoms with Gasteiger partial charge in [0.15, 0.2) is 0 Å². The molecule has 1 amide bonds. The number of phenols is 1. The molecule has 1 heterocycles. The first kappa shape index (κ1) is 21.9. The van der Waals surface area contributed by atoms with Gasteiger partial charge in [0, 0.05) is 0 Å². The Morgan fingerprint density at radius 1 is 1.16 bits per heavy atom. The van der Waals surface area contributed by atoms with Crippen LogP contribution in [0.15, 0.2) is 42.5 Å². The molecule has 162 valence electrons. The fourth-order valence-corrected chi connectivity index (χ4v) is 3.32. The van der Waals surface area contributed by atoms with Crippen molar-refractivity contribution in [3.8, 4) is 11.5 Å². The number of aromatic carboxylic acids is 1. The first-order valence-electron chi connectivity index (χ1n) is 9.84. The Morgan fingerprint density at radius 2 is 1.87 bits per heavy atom. The summed E-state index contributed by atoms with van der Waals surface area (Å²) in [6, 6.07) is 11.1. The van der Waals surface area contributed by atoms with Crippen LogP contribution in [0.2, 0.25) is 0 Å². The number of fused-ring (bicyclic) bond motifs is 1. The van der Waals surface area contributed by atoms with E-state index in [-0.39, 0.29) is 41.1 Å². The third kappa shape index (κ3) is 4.53. The number of carboxylic acids is 1. The van der Waals surface area contributed by atoms with E-state index in [2.05, 4.69) is 10.3 Å². The van der Waals surface area contributed by atoms with Gasteiger partial charge in [-0.1, -0.05) is 32.0 Å². The molecule has 0 unspecified atom stereocenters. The number of nitrogens with zero attached hydrogens (tertiary/aromatic N) is 1. The standard InChI is InChI=1S/C23H25N3O5/c1-12(2)16(26-22(28)14-7-4-5-9-17(14)27)11-31-18-10-6-8-15-20(18)21(24)19(23(29)30)13(3)25-15/h4-10,12,16,27H,11H2,1-3H3,(H2,24,25)(H,26,28)(H,29,30)/t16-/m1/s1. The van der Waals surface area contributed by atoms with E-state index in [1.54, 1.807) is 37.3 Å². The predicted molar refractivity (Wildman–Crippen MR) is 118 cm³/mol. The number of para-hydroxylation sites is 1. The Morgan fingerprint density at radius 3 is 2.52 bits per heavy atom. The van der Waals surface area contributed by atoms with Gasteiger partial charge in [0.05, 0.1) is 33.9 Å². The number of ether oxygens (including phenoxy) is 1. The van der Waals surface area contributed by atoms with Crippen LogP contribution in [0.1, 0.15) is 40.3 Å². The number of anilines is 1. The van der Waals surface area contributed by atoms with Crippen molar-refractivity contribution >= 4 is 28.5 Å². The van der Waals surface area contributed by atoms with Crippen molar-refractivity contribution in [3.63, 3.8) is 0 Å². The number of carbonyl (C=O) groups excluding carboxylic acids is 1. The van der Waals surface area contributed by atoms with Crippen molar-refractivity contribution in [2.24, 2.45) is 5.92 Å². The van der Waals surface area contributed by atoms with E-state index in [1.807, 2.05) is 13.8 Å². The molecular formula is C23H25N3O5. The molecule has 2 aromatic carbocycles. The van der Waals surface area contributed by atoms with Gasteiger partial charge in [0.1, 0.15) is 23.7 Å². The second-order valence-corrected chi connectivity index (χ2v) is 7.59. The minimum absolute atomic E-state index is 0.0251. The van der Waals surface area contributed by atoms with Crippen LogP contribution in [0.4, 0.5) is 5.69 Å². The van der Waals surface area contributed by atoms with Gasteiger partial charge in [0.25, 0.3) is 5.91 Å². The van der Waals surface area contributed by atoms with Gasteiger partial charge in [-0.05, 0) is 37.1 Å². The van der Waals surface area contributed by atoms with Gasteiger partial charge in [-0.25, -0.2) is 4.79 Å². The lowest BCUT2D eigenvalue weighted by atomic mass is 10.0. The van der Waals surface area contributed by atoms with E-state index in [4.69, 9.17) is 10.5 Å². The molecule has 0 radical (unpaired) electrons. The van der Waals surface area contributed by atoms with Crippen LogP contribution in [0.3, 0.4) is 0 Å². The number of carbonyl (C=O) groups is 2. The summed E-state index contributed by atoms with van der Waals surface area (Å²) in [7, 11) is 0. The Kier molecular flexibility index (Phi) is 6.29. The van der Waals surface area contributed by atoms with Crippen LogP contribution in [0.25, 0.3) is 10.9 Å². The zero-order chi connectivity index (χ0) is 22.7. The van der Waals surface area contributed by atoms with Crippen molar-refractivity contribution in [1.29, 1.82) is 0 Å². The summed E-state index contributed by atoms with van der Waals surface area (Å²) in [5.74, 6) is -1.27. The van der Waals surface area contributed by atoms with Crippen molar-refractivity contribution in [2.75, 3.05) is 12.3 Å². The van der Waals surface area contributed by atoms with E-state index >= 15 is 0 Å². The lowest BCUT2D eigenvalue weighted by Gasteiger charge is -2.23. The molecule has 0 fully saturated rings. The number of hydrogen-bond acceptors (Lipinski definition) is 6. The quantitative estimate of drug-likeness (QED) is 0.458. The Bertz CT molecular complexity index is 1140. The summed E-state index contributed by atoms with van der Waals surface area (Å²) >= 11 is 0. The van der Waals surface area contributed by atoms with E-state index < -0.39 is 11.9 Å². The highest BCUT2D eigenvalue weighted by Gasteiger charge is 2.22. The molecule has 0 saturated heterocycles. The molecule has 0 aliphatic heterocycles. The molecule has 1 aromatic heterocycles. The molecule has 0 spiro atoms. The van der Waals surface area contributed by atoms with Crippen LogP contribution in [0.5, 0.6) is 11.5 Å².